The molecule has 0 aliphatic rings. The molecule has 0 atom stereocenters. The summed E-state index contributed by atoms with van der Waals surface area (Å²) in [7, 11) is -3.17. The van der Waals surface area contributed by atoms with E-state index in [4.69, 9.17) is 5.73 Å². The van der Waals surface area contributed by atoms with Gasteiger partial charge >= 0.3 is 0 Å². The van der Waals surface area contributed by atoms with E-state index in [9.17, 15) is 8.42 Å². The Bertz CT molecular complexity index is 176. The van der Waals surface area contributed by atoms with Gasteiger partial charge in [-0.1, -0.05) is 0 Å². The zero-order chi connectivity index (χ0) is 7.71. The van der Waals surface area contributed by atoms with Gasteiger partial charge in [-0.3, -0.25) is 0 Å². The van der Waals surface area contributed by atoms with Crippen LogP contribution >= 0.6 is 0 Å². The first-order valence-corrected chi connectivity index (χ1v) is 4.33. The second-order valence-electron chi connectivity index (χ2n) is 2.87. The maximum absolute atomic E-state index is 10.8. The molecule has 0 unspecified atom stereocenters. The molecular formula is C5H12NO2S. The van der Waals surface area contributed by atoms with Gasteiger partial charge in [0.1, 0.15) is 5.88 Å². The summed E-state index contributed by atoms with van der Waals surface area (Å²) in [4.78, 5) is 0. The van der Waals surface area contributed by atoms with Gasteiger partial charge in [-0.25, -0.2) is 14.2 Å². The zero-order valence-corrected chi connectivity index (χ0v) is 6.75. The molecule has 1 N–H and O–H groups in total. The molecule has 0 amide bonds. The summed E-state index contributed by atoms with van der Waals surface area (Å²) in [6.07, 6.45) is 0. The first-order chi connectivity index (χ1) is 3.81. The van der Waals surface area contributed by atoms with Gasteiger partial charge in [-0.05, 0) is 20.8 Å². The van der Waals surface area contributed by atoms with Crippen LogP contribution in [0, 0.1) is 0 Å². The van der Waals surface area contributed by atoms with Crippen molar-refractivity contribution in [3.63, 3.8) is 0 Å². The normalized spacial score (nSPS) is 13.8. The van der Waals surface area contributed by atoms with Gasteiger partial charge in [0.25, 0.3) is 0 Å². The fourth-order valence-corrected chi connectivity index (χ4v) is 0.650. The van der Waals surface area contributed by atoms with Gasteiger partial charge in [0.2, 0.25) is 0 Å². The third kappa shape index (κ3) is 1.95. The Balaban J connectivity index is 4.57. The molecule has 0 saturated carbocycles. The number of rotatable bonds is 1. The highest BCUT2D eigenvalue weighted by Crippen LogP contribution is 2.13. The predicted molar refractivity (Wildman–Crippen MR) is 36.6 cm³/mol. The van der Waals surface area contributed by atoms with Crippen LogP contribution in [0.15, 0.2) is 0 Å². The van der Waals surface area contributed by atoms with Crippen molar-refractivity contribution in [1.82, 2.24) is 5.73 Å². The van der Waals surface area contributed by atoms with Crippen molar-refractivity contribution in [1.29, 1.82) is 0 Å². The molecule has 4 heteroatoms. The van der Waals surface area contributed by atoms with Crippen LogP contribution in [0.1, 0.15) is 20.8 Å². The Morgan fingerprint density at radius 3 is 1.67 bits per heavy atom. The molecule has 0 aliphatic heterocycles. The molecule has 3 nitrogen and oxygen atoms in total. The van der Waals surface area contributed by atoms with Gasteiger partial charge in [0.05, 0.1) is 4.75 Å². The van der Waals surface area contributed by atoms with Crippen molar-refractivity contribution in [2.45, 2.75) is 25.5 Å². The van der Waals surface area contributed by atoms with Crippen LogP contribution in [-0.2, 0) is 9.84 Å². The number of hydrogen-bond acceptors (Lipinski definition) is 2. The fraction of sp³-hybridized carbons (Fsp3) is 1.00. The van der Waals surface area contributed by atoms with E-state index < -0.39 is 20.5 Å². The van der Waals surface area contributed by atoms with Crippen LogP contribution in [0.4, 0.5) is 0 Å². The van der Waals surface area contributed by atoms with E-state index in [1.54, 1.807) is 20.8 Å². The van der Waals surface area contributed by atoms with Crippen LogP contribution in [0.2, 0.25) is 0 Å². The van der Waals surface area contributed by atoms with Crippen LogP contribution in [-0.4, -0.2) is 19.0 Å². The predicted octanol–water partition coefficient (Wildman–Crippen LogP) is 0.440. The standard InChI is InChI=1S/C5H12NO2S/c1-5(2,3)9(7,8)4-6/h6H,4H2,1-3H3. The van der Waals surface area contributed by atoms with Crippen molar-refractivity contribution in [3.8, 4) is 0 Å². The summed E-state index contributed by atoms with van der Waals surface area (Å²) in [5.41, 5.74) is 6.67. The fourth-order valence-electron chi connectivity index (χ4n) is 0.217. The maximum atomic E-state index is 10.8. The van der Waals surface area contributed by atoms with Gasteiger partial charge < -0.3 is 0 Å². The molecule has 0 aliphatic carbocycles. The Morgan fingerprint density at radius 1 is 1.33 bits per heavy atom. The van der Waals surface area contributed by atoms with E-state index in [0.717, 1.165) is 0 Å². The lowest BCUT2D eigenvalue weighted by Crippen LogP contribution is -2.30. The zero-order valence-electron chi connectivity index (χ0n) is 5.93. The van der Waals surface area contributed by atoms with E-state index >= 15 is 0 Å². The third-order valence-corrected chi connectivity index (χ3v) is 3.37. The average Bonchev–Trinajstić information content (AvgIpc) is 1.64. The van der Waals surface area contributed by atoms with E-state index in [0.29, 0.717) is 0 Å². The van der Waals surface area contributed by atoms with E-state index in [-0.39, 0.29) is 0 Å². The quantitative estimate of drug-likeness (QED) is 0.544. The molecule has 0 aromatic rings. The molecule has 1 radical (unpaired) electrons. The Labute approximate surface area is 56.2 Å². The molecule has 0 spiro atoms. The van der Waals surface area contributed by atoms with Crippen molar-refractivity contribution >= 4 is 9.84 Å². The van der Waals surface area contributed by atoms with Gasteiger partial charge in [-0.2, -0.15) is 0 Å². The summed E-state index contributed by atoms with van der Waals surface area (Å²) < 4.78 is 20.9. The summed E-state index contributed by atoms with van der Waals surface area (Å²) in [5.74, 6) is -0.517. The summed E-state index contributed by atoms with van der Waals surface area (Å²) >= 11 is 0. The molecule has 9 heavy (non-hydrogen) atoms. The lowest BCUT2D eigenvalue weighted by molar-refractivity contribution is 0.560. The summed E-state index contributed by atoms with van der Waals surface area (Å²) in [6.45, 7) is 4.78. The highest BCUT2D eigenvalue weighted by molar-refractivity contribution is 7.92. The molecule has 0 fully saturated rings. The van der Waals surface area contributed by atoms with Crippen molar-refractivity contribution in [3.05, 3.63) is 0 Å². The lowest BCUT2D eigenvalue weighted by Gasteiger charge is -2.16. The second kappa shape index (κ2) is 2.27. The van der Waals surface area contributed by atoms with E-state index in [1.807, 2.05) is 0 Å². The van der Waals surface area contributed by atoms with Crippen LogP contribution in [0.5, 0.6) is 0 Å². The molecule has 0 aromatic heterocycles. The molecule has 0 aromatic carbocycles. The van der Waals surface area contributed by atoms with Crippen molar-refractivity contribution in [2.24, 2.45) is 0 Å². The molecule has 55 valence electrons. The Kier molecular flexibility index (Phi) is 2.24. The number of sulfone groups is 1. The molecule has 0 saturated heterocycles. The summed E-state index contributed by atoms with van der Waals surface area (Å²) in [5, 5.41) is 0. The van der Waals surface area contributed by atoms with Gasteiger partial charge in [-0.15, -0.1) is 0 Å². The van der Waals surface area contributed by atoms with Crippen LogP contribution in [0.3, 0.4) is 0 Å². The average molecular weight is 150 g/mol. The minimum Gasteiger partial charge on any atom is -0.242 e. The minimum atomic E-state index is -3.17. The highest BCUT2D eigenvalue weighted by atomic mass is 32.2. The topological polar surface area (TPSA) is 57.9 Å². The smallest absolute Gasteiger partial charge is 0.169 e. The monoisotopic (exact) mass is 150 g/mol. The summed E-state index contributed by atoms with van der Waals surface area (Å²) in [6, 6.07) is 0. The van der Waals surface area contributed by atoms with Crippen LogP contribution in [0.25, 0.3) is 0 Å². The number of hydrogen-bond donors (Lipinski definition) is 0. The van der Waals surface area contributed by atoms with E-state index in [2.05, 4.69) is 0 Å². The lowest BCUT2D eigenvalue weighted by atomic mass is 10.3. The van der Waals surface area contributed by atoms with Gasteiger partial charge in [0.15, 0.2) is 9.84 Å². The Hall–Kier alpha value is -0.0900. The van der Waals surface area contributed by atoms with Crippen molar-refractivity contribution in [2.75, 3.05) is 5.88 Å². The first kappa shape index (κ1) is 8.91. The Morgan fingerprint density at radius 2 is 1.67 bits per heavy atom. The second-order valence-corrected chi connectivity index (χ2v) is 5.61. The first-order valence-electron chi connectivity index (χ1n) is 2.68. The van der Waals surface area contributed by atoms with E-state index in [1.165, 1.54) is 0 Å². The minimum absolute atomic E-state index is 0.517. The SMILES string of the molecule is CC(C)(C)S(=O)(=O)C[NH]. The van der Waals surface area contributed by atoms with Crippen molar-refractivity contribution < 1.29 is 8.42 Å². The third-order valence-electron chi connectivity index (χ3n) is 1.12. The maximum Gasteiger partial charge on any atom is 0.169 e. The molecule has 0 heterocycles. The highest BCUT2D eigenvalue weighted by Gasteiger charge is 2.26. The number of nitrogens with one attached hydrogen (secondary N) is 1. The molecule has 0 bridgehead atoms. The molecular weight excluding hydrogens is 138 g/mol. The molecule has 0 rings (SSSR count). The van der Waals surface area contributed by atoms with Gasteiger partial charge in [0, 0.05) is 0 Å². The van der Waals surface area contributed by atoms with Crippen LogP contribution < -0.4 is 5.73 Å². The largest absolute Gasteiger partial charge is 0.242 e.